The Balaban J connectivity index is 1.54. The number of para-hydroxylation sites is 2. The van der Waals surface area contributed by atoms with Crippen LogP contribution < -0.4 is 9.64 Å². The van der Waals surface area contributed by atoms with Crippen molar-refractivity contribution >= 4 is 45.9 Å². The number of imidazole rings is 1. The normalized spacial score (nSPS) is 16.3. The summed E-state index contributed by atoms with van der Waals surface area (Å²) in [5.41, 5.74) is 6.09. The van der Waals surface area contributed by atoms with E-state index in [1.54, 1.807) is 0 Å². The van der Waals surface area contributed by atoms with Crippen molar-refractivity contribution < 1.29 is 4.74 Å². The topological polar surface area (TPSA) is 42.6 Å². The maximum atomic E-state index is 6.42. The number of hydrogen-bond donors (Lipinski definition) is 0. The Kier molecular flexibility index (Phi) is 4.73. The molecule has 3 aromatic carbocycles. The largest absolute Gasteiger partial charge is 0.438 e. The van der Waals surface area contributed by atoms with Gasteiger partial charge in [-0.3, -0.25) is 4.57 Å². The van der Waals surface area contributed by atoms with Crippen LogP contribution in [0, 0.1) is 0 Å². The summed E-state index contributed by atoms with van der Waals surface area (Å²) in [7, 11) is 0. The number of halogens is 1. The average molecular weight is 455 g/mol. The smallest absolute Gasteiger partial charge is 0.228 e. The predicted octanol–water partition coefficient (Wildman–Crippen LogP) is 6.43. The number of benzene rings is 3. The third-order valence-corrected chi connectivity index (χ3v) is 6.60. The molecule has 1 atom stereocenters. The Hall–Kier alpha value is -3.57. The van der Waals surface area contributed by atoms with E-state index in [4.69, 9.17) is 26.3 Å². The van der Waals surface area contributed by atoms with Crippen LogP contribution in [0.5, 0.6) is 5.75 Å². The molecule has 1 aromatic heterocycles. The highest BCUT2D eigenvalue weighted by molar-refractivity contribution is 6.30. The summed E-state index contributed by atoms with van der Waals surface area (Å²) in [4.78, 5) is 12.4. The van der Waals surface area contributed by atoms with Gasteiger partial charge < -0.3 is 9.64 Å². The Morgan fingerprint density at radius 3 is 2.58 bits per heavy atom. The predicted molar refractivity (Wildman–Crippen MR) is 135 cm³/mol. The molecule has 0 saturated carbocycles. The van der Waals surface area contributed by atoms with Gasteiger partial charge in [0.15, 0.2) is 6.17 Å². The summed E-state index contributed by atoms with van der Waals surface area (Å²) in [6, 6.07) is 22.4. The molecule has 0 radical (unpaired) electrons. The molecule has 33 heavy (non-hydrogen) atoms. The van der Waals surface area contributed by atoms with Gasteiger partial charge >= 0.3 is 0 Å². The van der Waals surface area contributed by atoms with Crippen molar-refractivity contribution in [2.24, 2.45) is 4.99 Å². The molecule has 0 fully saturated rings. The third-order valence-electron chi connectivity index (χ3n) is 6.35. The minimum absolute atomic E-state index is 0.288. The average Bonchev–Trinajstić information content (AvgIpc) is 3.24. The van der Waals surface area contributed by atoms with E-state index in [-0.39, 0.29) is 6.17 Å². The molecule has 0 amide bonds. The lowest BCUT2D eigenvalue weighted by atomic mass is 10.0. The number of rotatable bonds is 4. The molecule has 0 aliphatic carbocycles. The van der Waals surface area contributed by atoms with Gasteiger partial charge in [-0.25, -0.2) is 9.98 Å². The van der Waals surface area contributed by atoms with E-state index in [1.807, 2.05) is 42.5 Å². The zero-order valence-electron chi connectivity index (χ0n) is 18.5. The molecule has 3 heterocycles. The van der Waals surface area contributed by atoms with E-state index in [0.29, 0.717) is 10.9 Å². The third kappa shape index (κ3) is 3.23. The lowest BCUT2D eigenvalue weighted by molar-refractivity contribution is 0.516. The lowest BCUT2D eigenvalue weighted by Gasteiger charge is -2.29. The Labute approximate surface area is 197 Å². The molecule has 6 heteroatoms. The molecular weight excluding hydrogens is 432 g/mol. The fourth-order valence-corrected chi connectivity index (χ4v) is 4.78. The summed E-state index contributed by atoms with van der Waals surface area (Å²) in [5, 5.41) is 0.699. The van der Waals surface area contributed by atoms with Crippen LogP contribution in [0.2, 0.25) is 5.02 Å². The number of anilines is 1. The molecule has 0 N–H and O–H groups in total. The monoisotopic (exact) mass is 454 g/mol. The van der Waals surface area contributed by atoms with Crippen LogP contribution in [0.1, 0.15) is 37.0 Å². The quantitative estimate of drug-likeness (QED) is 0.357. The SMILES string of the molecule is CCN(CC)c1ccc2c(c1)OC1=NC(c3ccc(Cl)cc3)n3c(nc4ccccc43)C1=C2. The second-order valence-electron chi connectivity index (χ2n) is 8.21. The first-order chi connectivity index (χ1) is 16.2. The fraction of sp³-hybridized carbons (Fsp3) is 0.185. The standard InChI is InChI=1S/C27H23ClN4O/c1-3-31(4-2)20-14-11-18-15-21-26-29-22-7-5-6-8-23(22)32(26)25(17-9-12-19(28)13-10-17)30-27(21)33-24(18)16-20/h5-16,25H,3-4H2,1-2H3. The lowest BCUT2D eigenvalue weighted by Crippen LogP contribution is -2.27. The van der Waals surface area contributed by atoms with Crippen LogP contribution in [0.25, 0.3) is 22.7 Å². The molecule has 0 saturated heterocycles. The van der Waals surface area contributed by atoms with Crippen molar-refractivity contribution in [3.63, 3.8) is 0 Å². The van der Waals surface area contributed by atoms with Crippen LogP contribution in [0.3, 0.4) is 0 Å². The molecule has 0 spiro atoms. The molecule has 4 aromatic rings. The van der Waals surface area contributed by atoms with Gasteiger partial charge in [0.1, 0.15) is 11.6 Å². The van der Waals surface area contributed by atoms with Crippen molar-refractivity contribution in [3.05, 3.63) is 88.7 Å². The van der Waals surface area contributed by atoms with Crippen LogP contribution in [-0.4, -0.2) is 28.5 Å². The van der Waals surface area contributed by atoms with E-state index in [0.717, 1.165) is 58.1 Å². The minimum Gasteiger partial charge on any atom is -0.438 e. The number of nitrogens with zero attached hydrogens (tertiary/aromatic N) is 4. The van der Waals surface area contributed by atoms with Crippen molar-refractivity contribution in [3.8, 4) is 5.75 Å². The van der Waals surface area contributed by atoms with Gasteiger partial charge in [0.25, 0.3) is 0 Å². The summed E-state index contributed by atoms with van der Waals surface area (Å²) >= 11 is 6.16. The molecule has 5 nitrogen and oxygen atoms in total. The molecular formula is C27H23ClN4O. The molecule has 1 unspecified atom stereocenters. The number of fused-ring (bicyclic) bond motifs is 6. The van der Waals surface area contributed by atoms with Gasteiger partial charge in [-0.2, -0.15) is 0 Å². The van der Waals surface area contributed by atoms with Gasteiger partial charge in [-0.05, 0) is 61.9 Å². The summed E-state index contributed by atoms with van der Waals surface area (Å²) < 4.78 is 8.61. The second kappa shape index (κ2) is 7.78. The summed E-state index contributed by atoms with van der Waals surface area (Å²) in [5.74, 6) is 2.28. The maximum absolute atomic E-state index is 6.42. The van der Waals surface area contributed by atoms with E-state index >= 15 is 0 Å². The highest BCUT2D eigenvalue weighted by Crippen LogP contribution is 2.41. The van der Waals surface area contributed by atoms with E-state index in [2.05, 4.69) is 53.7 Å². The number of ether oxygens (including phenoxy) is 1. The first kappa shape index (κ1) is 20.1. The number of aliphatic imine (C=N–C) groups is 1. The first-order valence-corrected chi connectivity index (χ1v) is 11.6. The van der Waals surface area contributed by atoms with E-state index in [9.17, 15) is 0 Å². The summed E-state index contributed by atoms with van der Waals surface area (Å²) in [6.45, 7) is 6.21. The first-order valence-electron chi connectivity index (χ1n) is 11.3. The Morgan fingerprint density at radius 1 is 1.00 bits per heavy atom. The highest BCUT2D eigenvalue weighted by atomic mass is 35.5. The van der Waals surface area contributed by atoms with Crippen molar-refractivity contribution in [1.82, 2.24) is 9.55 Å². The minimum atomic E-state index is -0.288. The van der Waals surface area contributed by atoms with Gasteiger partial charge in [0.05, 0.1) is 16.6 Å². The number of aromatic nitrogens is 2. The number of hydrogen-bond acceptors (Lipinski definition) is 4. The molecule has 2 aliphatic heterocycles. The van der Waals surface area contributed by atoms with Crippen molar-refractivity contribution in [2.75, 3.05) is 18.0 Å². The Bertz CT molecular complexity index is 1430. The van der Waals surface area contributed by atoms with Crippen molar-refractivity contribution in [1.29, 1.82) is 0 Å². The fourth-order valence-electron chi connectivity index (χ4n) is 4.66. The molecule has 164 valence electrons. The van der Waals surface area contributed by atoms with Crippen molar-refractivity contribution in [2.45, 2.75) is 20.0 Å². The van der Waals surface area contributed by atoms with Crippen LogP contribution >= 0.6 is 11.6 Å². The van der Waals surface area contributed by atoms with Gasteiger partial charge in [0.2, 0.25) is 5.90 Å². The maximum Gasteiger partial charge on any atom is 0.228 e. The van der Waals surface area contributed by atoms with Gasteiger partial charge in [0, 0.05) is 35.4 Å². The van der Waals surface area contributed by atoms with Crippen LogP contribution in [-0.2, 0) is 0 Å². The highest BCUT2D eigenvalue weighted by Gasteiger charge is 2.33. The zero-order chi connectivity index (χ0) is 22.5. The molecule has 2 aliphatic rings. The van der Waals surface area contributed by atoms with Gasteiger partial charge in [-0.15, -0.1) is 0 Å². The van der Waals surface area contributed by atoms with Gasteiger partial charge in [-0.1, -0.05) is 35.9 Å². The second-order valence-corrected chi connectivity index (χ2v) is 8.64. The van der Waals surface area contributed by atoms with E-state index < -0.39 is 0 Å². The molecule has 6 rings (SSSR count). The van der Waals surface area contributed by atoms with Crippen LogP contribution in [0.4, 0.5) is 5.69 Å². The summed E-state index contributed by atoms with van der Waals surface area (Å²) in [6.07, 6.45) is 1.85. The molecule has 0 bridgehead atoms. The van der Waals surface area contributed by atoms with E-state index in [1.165, 1.54) is 0 Å². The van der Waals surface area contributed by atoms with Crippen LogP contribution in [0.15, 0.2) is 71.7 Å². The zero-order valence-corrected chi connectivity index (χ0v) is 19.3. The Morgan fingerprint density at radius 2 is 1.79 bits per heavy atom.